The maximum Gasteiger partial charge on any atom is 0.0951 e. The molecule has 6 heteroatoms. The summed E-state index contributed by atoms with van der Waals surface area (Å²) in [6, 6.07) is 5.43. The topological polar surface area (TPSA) is 39.1 Å². The minimum Gasteiger partial charge on any atom is -0.383 e. The Balaban J connectivity index is 2.06. The molecule has 0 saturated carbocycles. The highest BCUT2D eigenvalue weighted by atomic mass is 35.5. The fourth-order valence-electron chi connectivity index (χ4n) is 1.92. The number of hydrogen-bond donors (Lipinski definition) is 1. The molecule has 1 aromatic carbocycles. The van der Waals surface area contributed by atoms with Gasteiger partial charge in [0.25, 0.3) is 0 Å². The van der Waals surface area contributed by atoms with E-state index in [1.54, 1.807) is 31.8 Å². The third-order valence-electron chi connectivity index (χ3n) is 2.93. The first-order valence-electron chi connectivity index (χ1n) is 6.37. The van der Waals surface area contributed by atoms with E-state index in [-0.39, 0.29) is 0 Å². The van der Waals surface area contributed by atoms with Gasteiger partial charge in [-0.05, 0) is 18.2 Å². The Hall–Kier alpha value is -1.07. The van der Waals surface area contributed by atoms with Gasteiger partial charge in [-0.1, -0.05) is 23.2 Å². The van der Waals surface area contributed by atoms with E-state index in [1.807, 2.05) is 6.07 Å². The van der Waals surface area contributed by atoms with Crippen molar-refractivity contribution >= 4 is 23.2 Å². The maximum absolute atomic E-state index is 6.23. The van der Waals surface area contributed by atoms with Crippen molar-refractivity contribution in [1.82, 2.24) is 14.9 Å². The zero-order valence-electron chi connectivity index (χ0n) is 11.3. The molecule has 0 aliphatic heterocycles. The predicted molar refractivity (Wildman–Crippen MR) is 82.4 cm³/mol. The Labute approximate surface area is 128 Å². The Morgan fingerprint density at radius 3 is 2.95 bits per heavy atom. The van der Waals surface area contributed by atoms with Crippen molar-refractivity contribution in [2.75, 3.05) is 26.8 Å². The van der Waals surface area contributed by atoms with Gasteiger partial charge in [0.2, 0.25) is 0 Å². The largest absolute Gasteiger partial charge is 0.383 e. The van der Waals surface area contributed by atoms with Gasteiger partial charge in [-0.3, -0.25) is 0 Å². The van der Waals surface area contributed by atoms with E-state index in [4.69, 9.17) is 27.9 Å². The average Bonchev–Trinajstić information content (AvgIpc) is 2.89. The average molecular weight is 314 g/mol. The molecule has 0 spiro atoms. The van der Waals surface area contributed by atoms with Crippen molar-refractivity contribution in [3.05, 3.63) is 40.8 Å². The van der Waals surface area contributed by atoms with E-state index in [1.165, 1.54) is 0 Å². The maximum atomic E-state index is 6.23. The summed E-state index contributed by atoms with van der Waals surface area (Å²) in [6.45, 7) is 3.18. The van der Waals surface area contributed by atoms with Crippen LogP contribution in [0.15, 0.2) is 30.7 Å². The van der Waals surface area contributed by atoms with Gasteiger partial charge < -0.3 is 14.6 Å². The summed E-state index contributed by atoms with van der Waals surface area (Å²) in [5.74, 6) is 0. The number of halogens is 2. The number of nitrogens with zero attached hydrogens (tertiary/aromatic N) is 2. The second kappa shape index (κ2) is 7.64. The molecule has 0 saturated heterocycles. The van der Waals surface area contributed by atoms with Crippen LogP contribution in [0.2, 0.25) is 10.0 Å². The molecule has 0 bridgehead atoms. The van der Waals surface area contributed by atoms with E-state index < -0.39 is 0 Å². The van der Waals surface area contributed by atoms with Gasteiger partial charge in [0.1, 0.15) is 0 Å². The standard InChI is InChI=1S/C14H17Cl2N3O/c1-20-7-5-17-4-6-19-10-18-9-14(19)12-8-11(15)2-3-13(12)16/h2-3,8-10,17H,4-7H2,1H3. The van der Waals surface area contributed by atoms with Gasteiger partial charge in [0, 0.05) is 37.3 Å². The number of methoxy groups -OCH3 is 1. The van der Waals surface area contributed by atoms with Crippen LogP contribution < -0.4 is 5.32 Å². The molecule has 1 aromatic heterocycles. The minimum atomic E-state index is 0.662. The van der Waals surface area contributed by atoms with Gasteiger partial charge >= 0.3 is 0 Å². The fraction of sp³-hybridized carbons (Fsp3) is 0.357. The van der Waals surface area contributed by atoms with Crippen LogP contribution in [0.1, 0.15) is 0 Å². The van der Waals surface area contributed by atoms with Crippen LogP contribution in [0.25, 0.3) is 11.3 Å². The van der Waals surface area contributed by atoms with E-state index >= 15 is 0 Å². The number of aromatic nitrogens is 2. The first kappa shape index (κ1) is 15.3. The lowest BCUT2D eigenvalue weighted by atomic mass is 10.1. The van der Waals surface area contributed by atoms with E-state index in [0.29, 0.717) is 16.7 Å². The summed E-state index contributed by atoms with van der Waals surface area (Å²) in [7, 11) is 1.69. The second-order valence-electron chi connectivity index (χ2n) is 4.34. The Kier molecular flexibility index (Phi) is 5.86. The van der Waals surface area contributed by atoms with E-state index in [0.717, 1.165) is 30.9 Å². The third kappa shape index (κ3) is 3.96. The molecular formula is C14H17Cl2N3O. The molecule has 0 radical (unpaired) electrons. The number of imidazole rings is 1. The molecule has 0 atom stereocenters. The number of benzene rings is 1. The Morgan fingerprint density at radius 1 is 1.30 bits per heavy atom. The Morgan fingerprint density at radius 2 is 2.15 bits per heavy atom. The zero-order chi connectivity index (χ0) is 14.4. The van der Waals surface area contributed by atoms with Crippen molar-refractivity contribution in [3.63, 3.8) is 0 Å². The summed E-state index contributed by atoms with van der Waals surface area (Å²) in [5.41, 5.74) is 1.86. The first-order chi connectivity index (χ1) is 9.72. The van der Waals surface area contributed by atoms with Crippen LogP contribution in [-0.4, -0.2) is 36.4 Å². The quantitative estimate of drug-likeness (QED) is 0.798. The molecule has 0 aliphatic rings. The Bertz CT molecular complexity index is 557. The van der Waals surface area contributed by atoms with Crippen LogP contribution >= 0.6 is 23.2 Å². The van der Waals surface area contributed by atoms with Crippen molar-refractivity contribution in [3.8, 4) is 11.3 Å². The van der Waals surface area contributed by atoms with Gasteiger partial charge in [-0.2, -0.15) is 0 Å². The number of nitrogens with one attached hydrogen (secondary N) is 1. The van der Waals surface area contributed by atoms with Crippen molar-refractivity contribution in [2.45, 2.75) is 6.54 Å². The lowest BCUT2D eigenvalue weighted by Gasteiger charge is -2.10. The van der Waals surface area contributed by atoms with E-state index in [2.05, 4.69) is 14.9 Å². The zero-order valence-corrected chi connectivity index (χ0v) is 12.8. The number of hydrogen-bond acceptors (Lipinski definition) is 3. The monoisotopic (exact) mass is 313 g/mol. The molecule has 1 heterocycles. The molecule has 108 valence electrons. The minimum absolute atomic E-state index is 0.662. The fourth-order valence-corrected chi connectivity index (χ4v) is 2.30. The van der Waals surface area contributed by atoms with Crippen LogP contribution in [0.5, 0.6) is 0 Å². The molecule has 0 unspecified atom stereocenters. The summed E-state index contributed by atoms with van der Waals surface area (Å²) < 4.78 is 7.04. The lowest BCUT2D eigenvalue weighted by Crippen LogP contribution is -2.23. The van der Waals surface area contributed by atoms with Gasteiger partial charge in [0.05, 0.1) is 29.8 Å². The highest BCUT2D eigenvalue weighted by molar-refractivity contribution is 6.35. The summed E-state index contributed by atoms with van der Waals surface area (Å²) in [5, 5.41) is 4.63. The summed E-state index contributed by atoms with van der Waals surface area (Å²) in [6.07, 6.45) is 3.59. The number of rotatable bonds is 7. The summed E-state index contributed by atoms with van der Waals surface area (Å²) in [4.78, 5) is 4.19. The van der Waals surface area contributed by atoms with E-state index in [9.17, 15) is 0 Å². The molecule has 1 N–H and O–H groups in total. The van der Waals surface area contributed by atoms with Crippen LogP contribution in [-0.2, 0) is 11.3 Å². The van der Waals surface area contributed by atoms with Crippen molar-refractivity contribution in [1.29, 1.82) is 0 Å². The lowest BCUT2D eigenvalue weighted by molar-refractivity contribution is 0.199. The molecule has 4 nitrogen and oxygen atoms in total. The normalized spacial score (nSPS) is 10.9. The van der Waals surface area contributed by atoms with Crippen molar-refractivity contribution < 1.29 is 4.74 Å². The van der Waals surface area contributed by atoms with Crippen molar-refractivity contribution in [2.24, 2.45) is 0 Å². The highest BCUT2D eigenvalue weighted by Crippen LogP contribution is 2.30. The molecule has 2 rings (SSSR count). The second-order valence-corrected chi connectivity index (χ2v) is 5.18. The SMILES string of the molecule is COCCNCCn1cncc1-c1cc(Cl)ccc1Cl. The van der Waals surface area contributed by atoms with Crippen LogP contribution in [0.4, 0.5) is 0 Å². The van der Waals surface area contributed by atoms with Gasteiger partial charge in [-0.15, -0.1) is 0 Å². The van der Waals surface area contributed by atoms with Gasteiger partial charge in [0.15, 0.2) is 0 Å². The molecule has 0 aliphatic carbocycles. The predicted octanol–water partition coefficient (Wildman–Crippen LogP) is 3.09. The summed E-state index contributed by atoms with van der Waals surface area (Å²) >= 11 is 12.3. The molecule has 2 aromatic rings. The number of ether oxygens (including phenoxy) is 1. The third-order valence-corrected chi connectivity index (χ3v) is 3.49. The van der Waals surface area contributed by atoms with Crippen LogP contribution in [0.3, 0.4) is 0 Å². The van der Waals surface area contributed by atoms with Crippen LogP contribution in [0, 0.1) is 0 Å². The smallest absolute Gasteiger partial charge is 0.0951 e. The molecular weight excluding hydrogens is 297 g/mol. The molecule has 0 amide bonds. The first-order valence-corrected chi connectivity index (χ1v) is 7.13. The highest BCUT2D eigenvalue weighted by Gasteiger charge is 2.09. The molecule has 0 fully saturated rings. The van der Waals surface area contributed by atoms with Gasteiger partial charge in [-0.25, -0.2) is 4.98 Å². The molecule has 20 heavy (non-hydrogen) atoms.